The molecule has 0 bridgehead atoms. The van der Waals surface area contributed by atoms with E-state index in [2.05, 4.69) is 163 Å². The fourth-order valence-corrected chi connectivity index (χ4v) is 6.76. The molecule has 3 aliphatic rings. The fourth-order valence-electron chi connectivity index (χ4n) is 6.76. The zero-order valence-electron chi connectivity index (χ0n) is 22.9. The van der Waals surface area contributed by atoms with Crippen LogP contribution < -0.4 is 4.90 Å². The Bertz CT molecular complexity index is 1980. The van der Waals surface area contributed by atoms with Crippen LogP contribution in [0, 0.1) is 17.8 Å². The van der Waals surface area contributed by atoms with Gasteiger partial charge in [0.2, 0.25) is 0 Å². The minimum Gasteiger partial charge on any atom is -0.311 e. The van der Waals surface area contributed by atoms with Crippen LogP contribution in [0.15, 0.2) is 169 Å². The summed E-state index contributed by atoms with van der Waals surface area (Å²) in [6.45, 7) is 0. The van der Waals surface area contributed by atoms with Crippen molar-refractivity contribution in [2.24, 2.45) is 17.8 Å². The first kappa shape index (κ1) is 24.0. The van der Waals surface area contributed by atoms with Crippen LogP contribution in [0.1, 0.15) is 6.42 Å². The Morgan fingerprint density at radius 1 is 0.561 bits per heavy atom. The molecular weight excluding hydrogens is 494 g/mol. The monoisotopic (exact) mass is 525 g/mol. The molecular formula is C40H31N. The Labute approximate surface area is 241 Å². The molecule has 3 atom stereocenters. The summed E-state index contributed by atoms with van der Waals surface area (Å²) in [4.78, 5) is 2.40. The van der Waals surface area contributed by atoms with Crippen molar-refractivity contribution in [3.63, 3.8) is 0 Å². The molecule has 0 fully saturated rings. The first-order chi connectivity index (χ1) is 20.3. The zero-order chi connectivity index (χ0) is 27.2. The second-order valence-electron chi connectivity index (χ2n) is 11.3. The van der Waals surface area contributed by atoms with Crippen LogP contribution in [0.4, 0.5) is 11.4 Å². The Balaban J connectivity index is 1.18. The van der Waals surface area contributed by atoms with Crippen molar-refractivity contribution in [2.45, 2.75) is 6.42 Å². The van der Waals surface area contributed by atoms with E-state index < -0.39 is 0 Å². The van der Waals surface area contributed by atoms with Gasteiger partial charge in [0.25, 0.3) is 0 Å². The summed E-state index contributed by atoms with van der Waals surface area (Å²) in [7, 11) is 0. The van der Waals surface area contributed by atoms with Crippen molar-refractivity contribution >= 4 is 43.7 Å². The summed E-state index contributed by atoms with van der Waals surface area (Å²) in [5.74, 6) is 1.38. The van der Waals surface area contributed by atoms with Gasteiger partial charge in [-0.2, -0.15) is 0 Å². The molecule has 0 radical (unpaired) electrons. The largest absolute Gasteiger partial charge is 0.311 e. The topological polar surface area (TPSA) is 3.24 Å². The lowest BCUT2D eigenvalue weighted by atomic mass is 9.79. The summed E-state index contributed by atoms with van der Waals surface area (Å²) >= 11 is 0. The highest BCUT2D eigenvalue weighted by atomic mass is 15.1. The van der Waals surface area contributed by atoms with E-state index in [1.54, 1.807) is 0 Å². The van der Waals surface area contributed by atoms with Gasteiger partial charge in [0, 0.05) is 34.8 Å². The predicted molar refractivity (Wildman–Crippen MR) is 175 cm³/mol. The number of nitrogens with zero attached hydrogens (tertiary/aromatic N) is 1. The summed E-state index contributed by atoms with van der Waals surface area (Å²) in [5, 5.41) is 7.76. The van der Waals surface area contributed by atoms with Crippen molar-refractivity contribution in [3.05, 3.63) is 169 Å². The van der Waals surface area contributed by atoms with Crippen molar-refractivity contribution in [1.29, 1.82) is 0 Å². The SMILES string of the molecule is C1=CC2C=CC(C3C=CC(N(c4ccccc4)c4ccc5c(ccc6ccc7ccccc7c65)c4)=CC3)=CC2C=C1. The average molecular weight is 526 g/mol. The number of hydrogen-bond donors (Lipinski definition) is 0. The van der Waals surface area contributed by atoms with Gasteiger partial charge in [-0.3, -0.25) is 0 Å². The quantitative estimate of drug-likeness (QED) is 0.211. The number of rotatable bonds is 4. The van der Waals surface area contributed by atoms with E-state index in [1.807, 2.05) is 0 Å². The number of fused-ring (bicyclic) bond motifs is 6. The van der Waals surface area contributed by atoms with Crippen LogP contribution in [0.25, 0.3) is 32.3 Å². The number of benzene rings is 5. The Morgan fingerprint density at radius 2 is 1.32 bits per heavy atom. The number of para-hydroxylation sites is 1. The first-order valence-corrected chi connectivity index (χ1v) is 14.6. The standard InChI is InChI=1S/C40H31N/c1-2-11-35(12-3-1)41(36-22-20-29(21-23-36)33-18-14-28-8-4-5-10-32(28)26-33)37-24-25-39-34(27-37)19-17-31-16-15-30-9-6-7-13-38(30)40(31)39/h1-20,22-29,32H,21H2. The first-order valence-electron chi connectivity index (χ1n) is 14.6. The molecule has 196 valence electrons. The molecule has 0 heterocycles. The lowest BCUT2D eigenvalue weighted by Gasteiger charge is -2.30. The summed E-state index contributed by atoms with van der Waals surface area (Å²) < 4.78 is 0. The summed E-state index contributed by atoms with van der Waals surface area (Å²) in [5.41, 5.74) is 4.99. The second kappa shape index (κ2) is 9.94. The molecule has 0 aromatic heterocycles. The van der Waals surface area contributed by atoms with Crippen molar-refractivity contribution < 1.29 is 0 Å². The van der Waals surface area contributed by atoms with Gasteiger partial charge in [0.1, 0.15) is 0 Å². The predicted octanol–water partition coefficient (Wildman–Crippen LogP) is 10.6. The Morgan fingerprint density at radius 3 is 2.17 bits per heavy atom. The zero-order valence-corrected chi connectivity index (χ0v) is 22.9. The number of allylic oxidation sites excluding steroid dienone is 11. The molecule has 41 heavy (non-hydrogen) atoms. The molecule has 3 aliphatic carbocycles. The highest BCUT2D eigenvalue weighted by molar-refractivity contribution is 6.20. The van der Waals surface area contributed by atoms with Crippen molar-refractivity contribution in [2.75, 3.05) is 4.90 Å². The maximum atomic E-state index is 2.46. The van der Waals surface area contributed by atoms with E-state index in [0.29, 0.717) is 17.8 Å². The van der Waals surface area contributed by atoms with Gasteiger partial charge in [-0.05, 0) is 74.7 Å². The molecule has 0 N–H and O–H groups in total. The number of hydrogen-bond acceptors (Lipinski definition) is 1. The normalized spacial score (nSPS) is 21.2. The van der Waals surface area contributed by atoms with Gasteiger partial charge in [0.05, 0.1) is 0 Å². The molecule has 0 amide bonds. The van der Waals surface area contributed by atoms with Crippen LogP contribution in [-0.2, 0) is 0 Å². The van der Waals surface area contributed by atoms with E-state index in [4.69, 9.17) is 0 Å². The lowest BCUT2D eigenvalue weighted by molar-refractivity contribution is 0.635. The Kier molecular flexibility index (Phi) is 5.81. The lowest BCUT2D eigenvalue weighted by Crippen LogP contribution is -2.19. The highest BCUT2D eigenvalue weighted by Crippen LogP contribution is 2.39. The van der Waals surface area contributed by atoms with E-state index in [9.17, 15) is 0 Å². The highest BCUT2D eigenvalue weighted by Gasteiger charge is 2.23. The van der Waals surface area contributed by atoms with E-state index in [1.165, 1.54) is 55.0 Å². The van der Waals surface area contributed by atoms with Gasteiger partial charge in [-0.25, -0.2) is 0 Å². The minimum absolute atomic E-state index is 0.407. The van der Waals surface area contributed by atoms with Crippen molar-refractivity contribution in [3.8, 4) is 0 Å². The summed E-state index contributed by atoms with van der Waals surface area (Å²) in [6.07, 6.45) is 24.2. The van der Waals surface area contributed by atoms with Gasteiger partial charge >= 0.3 is 0 Å². The second-order valence-corrected chi connectivity index (χ2v) is 11.3. The van der Waals surface area contributed by atoms with Gasteiger partial charge in [0.15, 0.2) is 0 Å². The number of anilines is 2. The van der Waals surface area contributed by atoms with Crippen LogP contribution in [0.5, 0.6) is 0 Å². The van der Waals surface area contributed by atoms with Crippen LogP contribution >= 0.6 is 0 Å². The maximum absolute atomic E-state index is 2.46. The molecule has 1 heteroatoms. The third-order valence-corrected chi connectivity index (χ3v) is 8.87. The molecule has 3 unspecified atom stereocenters. The fraction of sp³-hybridized carbons (Fsp3) is 0.100. The van der Waals surface area contributed by atoms with Gasteiger partial charge in [-0.1, -0.05) is 127 Å². The van der Waals surface area contributed by atoms with Gasteiger partial charge in [-0.15, -0.1) is 0 Å². The van der Waals surface area contributed by atoms with E-state index >= 15 is 0 Å². The van der Waals surface area contributed by atoms with Crippen LogP contribution in [0.3, 0.4) is 0 Å². The molecule has 0 spiro atoms. The maximum Gasteiger partial charge on any atom is 0.0467 e. The molecule has 1 nitrogen and oxygen atoms in total. The minimum atomic E-state index is 0.407. The molecule has 8 rings (SSSR count). The van der Waals surface area contributed by atoms with Crippen molar-refractivity contribution in [1.82, 2.24) is 0 Å². The van der Waals surface area contributed by atoms with Gasteiger partial charge < -0.3 is 4.90 Å². The average Bonchev–Trinajstić information content (AvgIpc) is 3.05. The third kappa shape index (κ3) is 4.26. The molecule has 0 saturated carbocycles. The van der Waals surface area contributed by atoms with E-state index in [-0.39, 0.29) is 0 Å². The molecule has 5 aromatic rings. The Hall–Kier alpha value is -4.88. The summed E-state index contributed by atoms with van der Waals surface area (Å²) in [6, 6.07) is 35.4. The molecule has 0 saturated heterocycles. The molecule has 0 aliphatic heterocycles. The van der Waals surface area contributed by atoms with Crippen LogP contribution in [-0.4, -0.2) is 0 Å². The van der Waals surface area contributed by atoms with E-state index in [0.717, 1.165) is 6.42 Å². The third-order valence-electron chi connectivity index (χ3n) is 8.87. The molecule has 5 aromatic carbocycles. The smallest absolute Gasteiger partial charge is 0.0467 e. The van der Waals surface area contributed by atoms with Crippen LogP contribution in [0.2, 0.25) is 0 Å².